The van der Waals surface area contributed by atoms with Crippen molar-refractivity contribution in [1.29, 1.82) is 0 Å². The molecule has 1 saturated carbocycles. The van der Waals surface area contributed by atoms with E-state index < -0.39 is 0 Å². The number of rotatable bonds is 9. The lowest BCUT2D eigenvalue weighted by molar-refractivity contribution is 0.111. The smallest absolute Gasteiger partial charge is 0.0464 e. The number of likely N-dealkylation sites (tertiary alicyclic amines) is 1. The first-order chi connectivity index (χ1) is 17.7. The summed E-state index contributed by atoms with van der Waals surface area (Å²) in [6.45, 7) is 12.4. The molecule has 5 rings (SSSR count). The first-order valence-corrected chi connectivity index (χ1v) is 14.2. The van der Waals surface area contributed by atoms with Crippen LogP contribution in [0.4, 0.5) is 5.69 Å². The Bertz CT molecular complexity index is 1200. The summed E-state index contributed by atoms with van der Waals surface area (Å²) in [5, 5.41) is 6.12. The van der Waals surface area contributed by atoms with Gasteiger partial charge in [-0.05, 0) is 67.0 Å². The van der Waals surface area contributed by atoms with Crippen LogP contribution < -0.4 is 5.32 Å². The monoisotopic (exact) mass is 478 g/mol. The van der Waals surface area contributed by atoms with Crippen molar-refractivity contribution in [3.63, 3.8) is 0 Å². The molecule has 0 amide bonds. The lowest BCUT2D eigenvalue weighted by Crippen LogP contribution is -2.45. The zero-order chi connectivity index (χ0) is 24.9. The summed E-state index contributed by atoms with van der Waals surface area (Å²) >= 11 is 0. The first-order valence-electron chi connectivity index (χ1n) is 14.2. The van der Waals surface area contributed by atoms with Crippen LogP contribution in [0.15, 0.2) is 73.8 Å². The summed E-state index contributed by atoms with van der Waals surface area (Å²) in [7, 11) is 0. The molecule has 3 aromatic carbocycles. The van der Waals surface area contributed by atoms with Gasteiger partial charge in [0.25, 0.3) is 0 Å². The highest BCUT2D eigenvalue weighted by molar-refractivity contribution is 6.02. The van der Waals surface area contributed by atoms with Gasteiger partial charge in [0.2, 0.25) is 0 Å². The van der Waals surface area contributed by atoms with Gasteiger partial charge in [0.05, 0.1) is 0 Å². The first kappa shape index (κ1) is 24.7. The fourth-order valence-electron chi connectivity index (χ4n) is 6.46. The second-order valence-corrected chi connectivity index (χ2v) is 10.9. The Hall–Kier alpha value is -3.00. The molecule has 36 heavy (non-hydrogen) atoms. The molecule has 1 N–H and O–H groups in total. The zero-order valence-corrected chi connectivity index (χ0v) is 22.1. The molecular weight excluding hydrogens is 436 g/mol. The van der Waals surface area contributed by atoms with Crippen molar-refractivity contribution in [2.24, 2.45) is 5.92 Å². The number of piperidine rings is 1. The van der Waals surface area contributed by atoms with E-state index in [-0.39, 0.29) is 0 Å². The minimum atomic E-state index is 0.668. The Labute approximate surface area is 218 Å². The van der Waals surface area contributed by atoms with Gasteiger partial charge in [-0.2, -0.15) is 0 Å². The van der Waals surface area contributed by atoms with Crippen LogP contribution >= 0.6 is 0 Å². The van der Waals surface area contributed by atoms with E-state index in [0.29, 0.717) is 6.04 Å². The van der Waals surface area contributed by atoms with E-state index in [4.69, 9.17) is 0 Å². The third kappa shape index (κ3) is 5.24. The second-order valence-electron chi connectivity index (χ2n) is 10.9. The lowest BCUT2D eigenvalue weighted by Gasteiger charge is -2.46. The highest BCUT2D eigenvalue weighted by atomic mass is 15.2. The number of hydrogen-bond acceptors (Lipinski definition) is 2. The number of nitrogens with one attached hydrogen (secondary N) is 1. The average Bonchev–Trinajstić information content (AvgIpc) is 2.93. The van der Waals surface area contributed by atoms with Gasteiger partial charge in [-0.15, -0.1) is 0 Å². The van der Waals surface area contributed by atoms with E-state index in [2.05, 4.69) is 91.0 Å². The van der Waals surface area contributed by atoms with Crippen molar-refractivity contribution in [2.75, 3.05) is 11.9 Å². The van der Waals surface area contributed by atoms with Gasteiger partial charge < -0.3 is 10.2 Å². The number of benzene rings is 3. The Morgan fingerprint density at radius 1 is 0.861 bits per heavy atom. The van der Waals surface area contributed by atoms with Crippen molar-refractivity contribution in [1.82, 2.24) is 4.90 Å². The molecule has 2 aliphatic rings. The van der Waals surface area contributed by atoms with Gasteiger partial charge in [-0.3, -0.25) is 0 Å². The van der Waals surface area contributed by atoms with Crippen LogP contribution in [0.25, 0.3) is 22.2 Å². The number of nitrogens with zero attached hydrogens (tertiary/aromatic N) is 1. The SMILES string of the molecule is C=C(Nc1ccc(C(=C)N2CCCC3CCCCC32)c2ccccc12)c1ccc(CCCCC)cc1. The van der Waals surface area contributed by atoms with Crippen LogP contribution in [0.2, 0.25) is 0 Å². The Morgan fingerprint density at radius 3 is 2.42 bits per heavy atom. The van der Waals surface area contributed by atoms with Crippen molar-refractivity contribution in [2.45, 2.75) is 77.2 Å². The molecule has 0 bridgehead atoms. The van der Waals surface area contributed by atoms with Crippen molar-refractivity contribution >= 4 is 27.9 Å². The average molecular weight is 479 g/mol. The number of fused-ring (bicyclic) bond motifs is 2. The van der Waals surface area contributed by atoms with E-state index in [9.17, 15) is 0 Å². The normalized spacial score (nSPS) is 19.6. The number of unbranched alkanes of at least 4 members (excludes halogenated alkanes) is 2. The molecule has 1 aliphatic carbocycles. The van der Waals surface area contributed by atoms with Crippen molar-refractivity contribution in [3.05, 3.63) is 90.5 Å². The second kappa shape index (κ2) is 11.4. The summed E-state index contributed by atoms with van der Waals surface area (Å²) in [5.74, 6) is 0.845. The van der Waals surface area contributed by atoms with Crippen molar-refractivity contribution < 1.29 is 0 Å². The summed E-state index contributed by atoms with van der Waals surface area (Å²) < 4.78 is 0. The van der Waals surface area contributed by atoms with Crippen LogP contribution in [0.1, 0.15) is 81.4 Å². The van der Waals surface area contributed by atoms with Crippen LogP contribution in [-0.4, -0.2) is 17.5 Å². The molecule has 0 aromatic heterocycles. The number of aryl methyl sites for hydroxylation is 1. The standard InChI is InChI=1S/C34H42N2/c1-4-5-6-12-27-18-20-28(21-19-27)25(2)35-33-23-22-30(31-15-8-9-16-32(31)33)26(3)36-24-11-14-29-13-7-10-17-34(29)36/h8-9,15-16,18-23,29,34-35H,2-7,10-14,17,24H2,1H3. The number of hydrogen-bond donors (Lipinski definition) is 1. The van der Waals surface area contributed by atoms with E-state index in [1.165, 1.54) is 85.4 Å². The van der Waals surface area contributed by atoms with Gasteiger partial charge in [0.15, 0.2) is 0 Å². The molecule has 2 heteroatoms. The summed E-state index contributed by atoms with van der Waals surface area (Å²) in [6, 6.07) is 22.8. The predicted octanol–water partition coefficient (Wildman–Crippen LogP) is 9.28. The maximum atomic E-state index is 4.65. The predicted molar refractivity (Wildman–Crippen MR) is 157 cm³/mol. The molecule has 2 unspecified atom stereocenters. The fourth-order valence-corrected chi connectivity index (χ4v) is 6.46. The van der Waals surface area contributed by atoms with Gasteiger partial charge >= 0.3 is 0 Å². The molecular formula is C34H42N2. The molecule has 2 fully saturated rings. The Balaban J connectivity index is 1.36. The maximum absolute atomic E-state index is 4.65. The minimum absolute atomic E-state index is 0.668. The molecule has 0 spiro atoms. The molecule has 1 heterocycles. The minimum Gasteiger partial charge on any atom is -0.368 e. The largest absolute Gasteiger partial charge is 0.368 e. The van der Waals surface area contributed by atoms with Crippen molar-refractivity contribution in [3.8, 4) is 0 Å². The van der Waals surface area contributed by atoms with Gasteiger partial charge in [0.1, 0.15) is 0 Å². The Morgan fingerprint density at radius 2 is 1.61 bits per heavy atom. The molecule has 1 aliphatic heterocycles. The van der Waals surface area contributed by atoms with E-state index in [1.54, 1.807) is 0 Å². The zero-order valence-electron chi connectivity index (χ0n) is 22.1. The lowest BCUT2D eigenvalue weighted by atomic mass is 9.78. The molecule has 1 saturated heterocycles. The summed E-state index contributed by atoms with van der Waals surface area (Å²) in [5.41, 5.74) is 7.06. The summed E-state index contributed by atoms with van der Waals surface area (Å²) in [6.07, 6.45) is 13.1. The molecule has 3 aromatic rings. The third-order valence-electron chi connectivity index (χ3n) is 8.48. The molecule has 0 radical (unpaired) electrons. The fraction of sp³-hybridized carbons (Fsp3) is 0.412. The maximum Gasteiger partial charge on any atom is 0.0464 e. The topological polar surface area (TPSA) is 15.3 Å². The molecule has 2 nitrogen and oxygen atoms in total. The molecule has 188 valence electrons. The van der Waals surface area contributed by atoms with Crippen LogP contribution in [-0.2, 0) is 6.42 Å². The van der Waals surface area contributed by atoms with Gasteiger partial charge in [-0.1, -0.05) is 100 Å². The summed E-state index contributed by atoms with van der Waals surface area (Å²) in [4.78, 5) is 2.64. The highest BCUT2D eigenvalue weighted by Crippen LogP contribution is 2.40. The highest BCUT2D eigenvalue weighted by Gasteiger charge is 2.34. The number of anilines is 1. The van der Waals surface area contributed by atoms with Crippen LogP contribution in [0.5, 0.6) is 0 Å². The van der Waals surface area contributed by atoms with E-state index in [0.717, 1.165) is 35.8 Å². The van der Waals surface area contributed by atoms with Gasteiger partial charge in [0, 0.05) is 40.6 Å². The Kier molecular flexibility index (Phi) is 7.80. The van der Waals surface area contributed by atoms with Crippen LogP contribution in [0.3, 0.4) is 0 Å². The third-order valence-corrected chi connectivity index (χ3v) is 8.48. The van der Waals surface area contributed by atoms with E-state index in [1.807, 2.05) is 0 Å². The van der Waals surface area contributed by atoms with E-state index >= 15 is 0 Å². The molecule has 2 atom stereocenters. The quantitative estimate of drug-likeness (QED) is 0.308. The van der Waals surface area contributed by atoms with Crippen LogP contribution in [0, 0.1) is 5.92 Å². The van der Waals surface area contributed by atoms with Gasteiger partial charge in [-0.25, -0.2) is 0 Å².